The van der Waals surface area contributed by atoms with Crippen molar-refractivity contribution in [2.75, 3.05) is 25.9 Å². The molecule has 0 saturated carbocycles. The highest BCUT2D eigenvalue weighted by molar-refractivity contribution is 7.88. The first-order valence-electron chi connectivity index (χ1n) is 5.60. The molecule has 0 heterocycles. The molecular weight excluding hydrogens is 240 g/mol. The van der Waals surface area contributed by atoms with Crippen molar-refractivity contribution < 1.29 is 13.2 Å². The first kappa shape index (κ1) is 16.1. The van der Waals surface area contributed by atoms with Crippen LogP contribution in [0.3, 0.4) is 0 Å². The van der Waals surface area contributed by atoms with E-state index in [4.69, 9.17) is 0 Å². The van der Waals surface area contributed by atoms with Crippen LogP contribution in [0, 0.1) is 5.92 Å². The van der Waals surface area contributed by atoms with E-state index in [0.717, 1.165) is 6.26 Å². The largest absolute Gasteiger partial charge is 0.356 e. The van der Waals surface area contributed by atoms with Gasteiger partial charge >= 0.3 is 0 Å². The second kappa shape index (κ2) is 7.45. The van der Waals surface area contributed by atoms with E-state index in [9.17, 15) is 13.2 Å². The Hall–Kier alpha value is -0.880. The van der Waals surface area contributed by atoms with Crippen molar-refractivity contribution in [1.82, 2.24) is 9.62 Å². The second-order valence-corrected chi connectivity index (χ2v) is 6.34. The molecule has 0 spiro atoms. The third-order valence-corrected chi connectivity index (χ3v) is 3.37. The van der Waals surface area contributed by atoms with E-state index in [0.29, 0.717) is 12.5 Å². The van der Waals surface area contributed by atoms with E-state index in [1.807, 2.05) is 13.8 Å². The van der Waals surface area contributed by atoms with Crippen LogP contribution in [0.4, 0.5) is 0 Å². The summed E-state index contributed by atoms with van der Waals surface area (Å²) >= 11 is 0. The van der Waals surface area contributed by atoms with Gasteiger partial charge in [0.25, 0.3) is 0 Å². The summed E-state index contributed by atoms with van der Waals surface area (Å²) in [4.78, 5) is 11.4. The highest BCUT2D eigenvalue weighted by Crippen LogP contribution is 2.00. The summed E-state index contributed by atoms with van der Waals surface area (Å²) in [7, 11) is -3.27. The Morgan fingerprint density at radius 2 is 2.06 bits per heavy atom. The van der Waals surface area contributed by atoms with E-state index < -0.39 is 10.0 Å². The Morgan fingerprint density at radius 1 is 1.47 bits per heavy atom. The summed E-state index contributed by atoms with van der Waals surface area (Å²) in [5, 5.41) is 2.74. The number of hydrogen-bond donors (Lipinski definition) is 1. The summed E-state index contributed by atoms with van der Waals surface area (Å²) in [6, 6.07) is 0. The lowest BCUT2D eigenvalue weighted by Crippen LogP contribution is -2.35. The summed E-state index contributed by atoms with van der Waals surface area (Å²) in [6.45, 7) is 8.53. The van der Waals surface area contributed by atoms with Gasteiger partial charge in [0, 0.05) is 26.1 Å². The Morgan fingerprint density at radius 3 is 2.47 bits per heavy atom. The van der Waals surface area contributed by atoms with Crippen molar-refractivity contribution in [2.24, 2.45) is 5.92 Å². The highest BCUT2D eigenvalue weighted by Gasteiger charge is 2.16. The molecule has 100 valence electrons. The zero-order valence-corrected chi connectivity index (χ0v) is 11.6. The Kier molecular flexibility index (Phi) is 7.06. The quantitative estimate of drug-likeness (QED) is 0.651. The minimum absolute atomic E-state index is 0.128. The van der Waals surface area contributed by atoms with Gasteiger partial charge in [-0.05, 0) is 5.92 Å². The van der Waals surface area contributed by atoms with Crippen LogP contribution in [0.1, 0.15) is 20.3 Å². The summed E-state index contributed by atoms with van der Waals surface area (Å²) in [5.41, 5.74) is 0. The maximum Gasteiger partial charge on any atom is 0.221 e. The van der Waals surface area contributed by atoms with Crippen molar-refractivity contribution in [3.63, 3.8) is 0 Å². The fraction of sp³-hybridized carbons (Fsp3) is 0.727. The van der Waals surface area contributed by atoms with Crippen molar-refractivity contribution in [3.05, 3.63) is 12.7 Å². The topological polar surface area (TPSA) is 66.5 Å². The molecule has 0 aliphatic carbocycles. The molecule has 1 amide bonds. The van der Waals surface area contributed by atoms with Crippen LogP contribution < -0.4 is 5.32 Å². The van der Waals surface area contributed by atoms with E-state index >= 15 is 0 Å². The number of sulfonamides is 1. The zero-order chi connectivity index (χ0) is 13.5. The van der Waals surface area contributed by atoms with Crippen LogP contribution in [-0.4, -0.2) is 44.5 Å². The van der Waals surface area contributed by atoms with E-state index in [1.165, 1.54) is 10.4 Å². The van der Waals surface area contributed by atoms with Gasteiger partial charge in [0.2, 0.25) is 15.9 Å². The van der Waals surface area contributed by atoms with Gasteiger partial charge in [0.15, 0.2) is 0 Å². The van der Waals surface area contributed by atoms with Gasteiger partial charge in [0.05, 0.1) is 6.26 Å². The molecule has 0 aromatic rings. The molecule has 0 aromatic carbocycles. The van der Waals surface area contributed by atoms with Crippen LogP contribution in [0.2, 0.25) is 0 Å². The lowest BCUT2D eigenvalue weighted by atomic mass is 10.2. The molecule has 0 fully saturated rings. The van der Waals surface area contributed by atoms with Gasteiger partial charge in [-0.2, -0.15) is 4.31 Å². The molecule has 1 N–H and O–H groups in total. The SMILES string of the molecule is C=CCN(CCC(=O)NCC(C)C)S(C)(=O)=O. The van der Waals surface area contributed by atoms with Gasteiger partial charge < -0.3 is 5.32 Å². The molecule has 0 rings (SSSR count). The van der Waals surface area contributed by atoms with E-state index in [-0.39, 0.29) is 25.4 Å². The third-order valence-electron chi connectivity index (χ3n) is 2.10. The normalized spacial score (nSPS) is 11.8. The molecule has 6 heteroatoms. The first-order valence-corrected chi connectivity index (χ1v) is 7.45. The molecule has 0 radical (unpaired) electrons. The van der Waals surface area contributed by atoms with Crippen LogP contribution in [0.5, 0.6) is 0 Å². The van der Waals surface area contributed by atoms with Gasteiger partial charge in [0.1, 0.15) is 0 Å². The van der Waals surface area contributed by atoms with E-state index in [2.05, 4.69) is 11.9 Å². The molecule has 0 aliphatic heterocycles. The molecule has 0 atom stereocenters. The number of carbonyl (C=O) groups is 1. The number of carbonyl (C=O) groups excluding carboxylic acids is 1. The predicted octanol–water partition coefficient (Wildman–Crippen LogP) is 0.596. The summed E-state index contributed by atoms with van der Waals surface area (Å²) in [6.07, 6.45) is 2.81. The van der Waals surface area contributed by atoms with Gasteiger partial charge in [-0.1, -0.05) is 19.9 Å². The molecule has 0 aliphatic rings. The van der Waals surface area contributed by atoms with Gasteiger partial charge in [-0.3, -0.25) is 4.79 Å². The van der Waals surface area contributed by atoms with Gasteiger partial charge in [-0.15, -0.1) is 6.58 Å². The minimum atomic E-state index is -3.27. The molecule has 17 heavy (non-hydrogen) atoms. The number of nitrogens with zero attached hydrogens (tertiary/aromatic N) is 1. The summed E-state index contributed by atoms with van der Waals surface area (Å²) in [5.74, 6) is 0.259. The highest BCUT2D eigenvalue weighted by atomic mass is 32.2. The van der Waals surface area contributed by atoms with Crippen molar-refractivity contribution in [3.8, 4) is 0 Å². The molecule has 0 unspecified atom stereocenters. The maximum atomic E-state index is 11.4. The smallest absolute Gasteiger partial charge is 0.221 e. The number of rotatable bonds is 8. The van der Waals surface area contributed by atoms with Crippen molar-refractivity contribution in [1.29, 1.82) is 0 Å². The molecule has 0 saturated heterocycles. The van der Waals surface area contributed by atoms with Crippen LogP contribution >= 0.6 is 0 Å². The predicted molar refractivity (Wildman–Crippen MR) is 69.1 cm³/mol. The Labute approximate surface area is 104 Å². The fourth-order valence-electron chi connectivity index (χ4n) is 1.17. The lowest BCUT2D eigenvalue weighted by molar-refractivity contribution is -0.121. The number of nitrogens with one attached hydrogen (secondary N) is 1. The molecular formula is C11H22N2O3S. The zero-order valence-electron chi connectivity index (χ0n) is 10.8. The van der Waals surface area contributed by atoms with Gasteiger partial charge in [-0.25, -0.2) is 8.42 Å². The lowest BCUT2D eigenvalue weighted by Gasteiger charge is -2.17. The first-order chi connectivity index (χ1) is 7.77. The number of amides is 1. The molecule has 0 bridgehead atoms. The number of hydrogen-bond acceptors (Lipinski definition) is 3. The van der Waals surface area contributed by atoms with Crippen molar-refractivity contribution in [2.45, 2.75) is 20.3 Å². The summed E-state index contributed by atoms with van der Waals surface area (Å²) < 4.78 is 23.9. The van der Waals surface area contributed by atoms with Crippen LogP contribution in [0.25, 0.3) is 0 Å². The van der Waals surface area contributed by atoms with Crippen molar-refractivity contribution >= 4 is 15.9 Å². The monoisotopic (exact) mass is 262 g/mol. The standard InChI is InChI=1S/C11H22N2O3S/c1-5-7-13(17(4,15)16)8-6-11(14)12-9-10(2)3/h5,10H,1,6-9H2,2-4H3,(H,12,14). The van der Waals surface area contributed by atoms with Crippen LogP contribution in [-0.2, 0) is 14.8 Å². The maximum absolute atomic E-state index is 11.4. The molecule has 0 aromatic heterocycles. The Balaban J connectivity index is 4.14. The average molecular weight is 262 g/mol. The van der Waals surface area contributed by atoms with E-state index in [1.54, 1.807) is 0 Å². The minimum Gasteiger partial charge on any atom is -0.356 e. The van der Waals surface area contributed by atoms with Crippen LogP contribution in [0.15, 0.2) is 12.7 Å². The fourth-order valence-corrected chi connectivity index (χ4v) is 1.97. The molecule has 5 nitrogen and oxygen atoms in total. The Bertz CT molecular complexity index is 350. The third kappa shape index (κ3) is 7.93. The average Bonchev–Trinajstić information content (AvgIpc) is 2.19. The second-order valence-electron chi connectivity index (χ2n) is 4.36.